The first-order chi connectivity index (χ1) is 13.9. The van der Waals surface area contributed by atoms with Crippen molar-refractivity contribution in [3.05, 3.63) is 71.4 Å². The van der Waals surface area contributed by atoms with Crippen LogP contribution in [-0.2, 0) is 11.2 Å². The van der Waals surface area contributed by atoms with Gasteiger partial charge in [0.25, 0.3) is 5.22 Å². The molecule has 1 amide bonds. The Balaban J connectivity index is 1.57. The Morgan fingerprint density at radius 3 is 2.59 bits per heavy atom. The molecular weight excluding hydrogens is 398 g/mol. The molecule has 0 atom stereocenters. The van der Waals surface area contributed by atoms with Crippen LogP contribution in [0, 0.1) is 11.6 Å². The molecule has 0 bridgehead atoms. The topological polar surface area (TPSA) is 72.2 Å². The number of nitrogens with zero attached hydrogens (tertiary/aromatic N) is 1. The molecule has 150 valence electrons. The normalized spacial score (nSPS) is 10.7. The predicted molar refractivity (Wildman–Crippen MR) is 106 cm³/mol. The minimum Gasteiger partial charge on any atom is -0.431 e. The second kappa shape index (κ2) is 9.47. The number of halogens is 2. The first kappa shape index (κ1) is 20.7. The number of amides is 1. The molecule has 3 rings (SSSR count). The molecule has 2 aromatic carbocycles. The molecule has 0 aliphatic rings. The lowest BCUT2D eigenvalue weighted by molar-refractivity contribution is -0.118. The highest BCUT2D eigenvalue weighted by molar-refractivity contribution is 7.99. The minimum atomic E-state index is -0.485. The number of ketones is 1. The second-order valence-electron chi connectivity index (χ2n) is 6.25. The van der Waals surface area contributed by atoms with Gasteiger partial charge in [0.2, 0.25) is 5.91 Å². The smallest absolute Gasteiger partial charge is 0.256 e. The molecule has 29 heavy (non-hydrogen) atoms. The fraction of sp³-hybridized carbons (Fsp3) is 0.190. The van der Waals surface area contributed by atoms with Crippen LogP contribution in [0.25, 0.3) is 11.3 Å². The third-order valence-corrected chi connectivity index (χ3v) is 4.93. The molecule has 0 saturated heterocycles. The highest BCUT2D eigenvalue weighted by Gasteiger charge is 2.13. The summed E-state index contributed by atoms with van der Waals surface area (Å²) >= 11 is 1.10. The highest BCUT2D eigenvalue weighted by atomic mass is 32.2. The van der Waals surface area contributed by atoms with Crippen LogP contribution >= 0.6 is 11.8 Å². The number of hydrogen-bond donors (Lipinski definition) is 1. The van der Waals surface area contributed by atoms with E-state index in [1.54, 1.807) is 24.3 Å². The maximum Gasteiger partial charge on any atom is 0.256 e. The Hall–Kier alpha value is -3.00. The van der Waals surface area contributed by atoms with E-state index >= 15 is 0 Å². The van der Waals surface area contributed by atoms with E-state index < -0.39 is 5.82 Å². The lowest BCUT2D eigenvalue weighted by atomic mass is 10.1. The Morgan fingerprint density at radius 2 is 1.90 bits per heavy atom. The number of carbonyl (C=O) groups is 2. The first-order valence-electron chi connectivity index (χ1n) is 8.83. The van der Waals surface area contributed by atoms with Gasteiger partial charge in [-0.2, -0.15) is 0 Å². The van der Waals surface area contributed by atoms with Crippen molar-refractivity contribution in [2.24, 2.45) is 0 Å². The summed E-state index contributed by atoms with van der Waals surface area (Å²) in [5.41, 5.74) is 1.36. The number of carbonyl (C=O) groups excluding carboxylic acids is 2. The quantitative estimate of drug-likeness (QED) is 0.439. The Labute approximate surface area is 170 Å². The van der Waals surface area contributed by atoms with Gasteiger partial charge in [0, 0.05) is 24.6 Å². The molecule has 0 aliphatic carbocycles. The Bertz CT molecular complexity index is 1020. The molecule has 0 aliphatic heterocycles. The molecule has 1 N–H and O–H groups in total. The zero-order valence-corrected chi connectivity index (χ0v) is 16.4. The van der Waals surface area contributed by atoms with Crippen molar-refractivity contribution < 1.29 is 22.8 Å². The molecule has 1 heterocycles. The van der Waals surface area contributed by atoms with Crippen LogP contribution in [-0.4, -0.2) is 29.0 Å². The number of aromatic nitrogens is 1. The number of rotatable bonds is 8. The van der Waals surface area contributed by atoms with Gasteiger partial charge in [-0.15, -0.1) is 0 Å². The lowest BCUT2D eigenvalue weighted by Gasteiger charge is -2.06. The van der Waals surface area contributed by atoms with Crippen LogP contribution in [0.15, 0.2) is 58.3 Å². The zero-order chi connectivity index (χ0) is 20.8. The van der Waals surface area contributed by atoms with E-state index in [-0.39, 0.29) is 28.8 Å². The van der Waals surface area contributed by atoms with Gasteiger partial charge in [0.15, 0.2) is 11.5 Å². The minimum absolute atomic E-state index is 0.0358. The van der Waals surface area contributed by atoms with Crippen LogP contribution in [0.4, 0.5) is 8.78 Å². The Morgan fingerprint density at radius 1 is 1.14 bits per heavy atom. The Kier molecular flexibility index (Phi) is 6.77. The average Bonchev–Trinajstić information content (AvgIpc) is 3.16. The van der Waals surface area contributed by atoms with Crippen LogP contribution in [0.1, 0.15) is 22.8 Å². The van der Waals surface area contributed by atoms with E-state index in [9.17, 15) is 18.4 Å². The number of nitrogens with one attached hydrogen (secondary N) is 1. The third-order valence-electron chi connectivity index (χ3n) is 4.08. The van der Waals surface area contributed by atoms with E-state index in [1.807, 2.05) is 0 Å². The fourth-order valence-electron chi connectivity index (χ4n) is 2.58. The van der Waals surface area contributed by atoms with Crippen LogP contribution in [0.3, 0.4) is 0 Å². The van der Waals surface area contributed by atoms with Gasteiger partial charge in [-0.1, -0.05) is 23.9 Å². The molecular formula is C21H18F2N2O3S. The van der Waals surface area contributed by atoms with Crippen LogP contribution in [0.2, 0.25) is 0 Å². The fourth-order valence-corrected chi connectivity index (χ4v) is 3.28. The number of oxazole rings is 1. The number of Topliss-reactive ketones (excluding diaryl/α,β-unsaturated/α-hetero) is 1. The molecule has 0 saturated carbocycles. The maximum absolute atomic E-state index is 14.2. The number of hydrogen-bond acceptors (Lipinski definition) is 5. The largest absolute Gasteiger partial charge is 0.431 e. The SMILES string of the molecule is CC(=O)NCCc1ccc(C(=O)CSc2ncc(-c3ccc(F)cc3)o2)cc1F. The third kappa shape index (κ3) is 5.74. The zero-order valence-electron chi connectivity index (χ0n) is 15.6. The molecule has 0 radical (unpaired) electrons. The monoisotopic (exact) mass is 416 g/mol. The summed E-state index contributed by atoms with van der Waals surface area (Å²) in [6.07, 6.45) is 1.85. The van der Waals surface area contributed by atoms with Crippen LogP contribution in [0.5, 0.6) is 0 Å². The van der Waals surface area contributed by atoms with Gasteiger partial charge in [0.1, 0.15) is 11.6 Å². The summed E-state index contributed by atoms with van der Waals surface area (Å²) < 4.78 is 32.8. The lowest BCUT2D eigenvalue weighted by Crippen LogP contribution is -2.22. The van der Waals surface area contributed by atoms with Gasteiger partial charge in [0.05, 0.1) is 11.9 Å². The van der Waals surface area contributed by atoms with E-state index in [2.05, 4.69) is 10.3 Å². The molecule has 0 unspecified atom stereocenters. The van der Waals surface area contributed by atoms with Gasteiger partial charge in [-0.25, -0.2) is 13.8 Å². The molecule has 1 aromatic heterocycles. The van der Waals surface area contributed by atoms with Gasteiger partial charge >= 0.3 is 0 Å². The highest BCUT2D eigenvalue weighted by Crippen LogP contribution is 2.26. The predicted octanol–water partition coefficient (Wildman–Crippen LogP) is 4.27. The van der Waals surface area contributed by atoms with E-state index in [4.69, 9.17) is 4.42 Å². The number of benzene rings is 2. The van der Waals surface area contributed by atoms with Crippen molar-refractivity contribution in [1.82, 2.24) is 10.3 Å². The van der Waals surface area contributed by atoms with Crippen molar-refractivity contribution in [3.63, 3.8) is 0 Å². The molecule has 0 fully saturated rings. The van der Waals surface area contributed by atoms with E-state index in [0.717, 1.165) is 11.8 Å². The van der Waals surface area contributed by atoms with E-state index in [1.165, 1.54) is 31.3 Å². The van der Waals surface area contributed by atoms with Crippen molar-refractivity contribution in [3.8, 4) is 11.3 Å². The van der Waals surface area contributed by atoms with Gasteiger partial charge in [-0.05, 0) is 42.3 Å². The average molecular weight is 416 g/mol. The summed E-state index contributed by atoms with van der Waals surface area (Å²) in [6.45, 7) is 1.72. The van der Waals surface area contributed by atoms with Crippen LogP contribution < -0.4 is 5.32 Å². The van der Waals surface area contributed by atoms with Crippen molar-refractivity contribution in [2.75, 3.05) is 12.3 Å². The van der Waals surface area contributed by atoms with Gasteiger partial charge in [-0.3, -0.25) is 9.59 Å². The maximum atomic E-state index is 14.2. The van der Waals surface area contributed by atoms with Crippen molar-refractivity contribution in [1.29, 1.82) is 0 Å². The summed E-state index contributed by atoms with van der Waals surface area (Å²) in [5.74, 6) is -0.766. The standard InChI is InChI=1S/C21H18F2N2O3S/c1-13(26)24-9-8-14-2-3-16(10-18(14)23)19(27)12-29-21-25-11-20(28-21)15-4-6-17(22)7-5-15/h2-7,10-11H,8-9,12H2,1H3,(H,24,26). The second-order valence-corrected chi connectivity index (χ2v) is 7.17. The summed E-state index contributed by atoms with van der Waals surface area (Å²) in [4.78, 5) is 27.3. The molecule has 0 spiro atoms. The summed E-state index contributed by atoms with van der Waals surface area (Å²) in [5, 5.41) is 2.90. The van der Waals surface area contributed by atoms with Gasteiger partial charge < -0.3 is 9.73 Å². The molecule has 8 heteroatoms. The molecule has 3 aromatic rings. The first-order valence-corrected chi connectivity index (χ1v) is 9.81. The summed E-state index contributed by atoms with van der Waals surface area (Å²) in [7, 11) is 0. The van der Waals surface area contributed by atoms with Crippen molar-refractivity contribution >= 4 is 23.5 Å². The number of thioether (sulfide) groups is 1. The van der Waals surface area contributed by atoms with E-state index in [0.29, 0.717) is 35.1 Å². The van der Waals surface area contributed by atoms with Crippen molar-refractivity contribution in [2.45, 2.75) is 18.6 Å². The summed E-state index contributed by atoms with van der Waals surface area (Å²) in [6, 6.07) is 10.1. The molecule has 5 nitrogen and oxygen atoms in total.